The van der Waals surface area contributed by atoms with Gasteiger partial charge in [-0.05, 0) is 36.1 Å². The van der Waals surface area contributed by atoms with E-state index in [0.29, 0.717) is 5.75 Å². The fraction of sp³-hybridized carbons (Fsp3) is 0.263. The minimum Gasteiger partial charge on any atom is -0.484 e. The summed E-state index contributed by atoms with van der Waals surface area (Å²) in [6.07, 6.45) is 0. The highest BCUT2D eigenvalue weighted by Gasteiger charge is 2.09. The Bertz CT molecular complexity index is 679. The lowest BCUT2D eigenvalue weighted by Crippen LogP contribution is -2.27. The zero-order chi connectivity index (χ0) is 16.7. The summed E-state index contributed by atoms with van der Waals surface area (Å²) < 4.78 is 5.47. The fourth-order valence-electron chi connectivity index (χ4n) is 2.14. The van der Waals surface area contributed by atoms with Crippen molar-refractivity contribution in [3.8, 4) is 5.75 Å². The molecule has 0 fully saturated rings. The first-order valence-electron chi connectivity index (χ1n) is 7.67. The van der Waals surface area contributed by atoms with Crippen molar-refractivity contribution in [3.05, 3.63) is 65.7 Å². The molecular formula is C19H22N2O2. The second-order valence-corrected chi connectivity index (χ2v) is 5.66. The molecule has 0 bridgehead atoms. The molecule has 2 rings (SSSR count). The summed E-state index contributed by atoms with van der Waals surface area (Å²) in [4.78, 5) is 11.9. The zero-order valence-corrected chi connectivity index (χ0v) is 13.7. The van der Waals surface area contributed by atoms with E-state index in [4.69, 9.17) is 4.74 Å². The van der Waals surface area contributed by atoms with E-state index in [-0.39, 0.29) is 18.4 Å². The van der Waals surface area contributed by atoms with Crippen LogP contribution >= 0.6 is 0 Å². The maximum Gasteiger partial charge on any atom is 0.277 e. The predicted octanol–water partition coefficient (Wildman–Crippen LogP) is 3.55. The molecule has 4 nitrogen and oxygen atoms in total. The second kappa shape index (κ2) is 8.13. The van der Waals surface area contributed by atoms with Gasteiger partial charge in [0.25, 0.3) is 5.91 Å². The highest BCUT2D eigenvalue weighted by molar-refractivity contribution is 6.02. The van der Waals surface area contributed by atoms with E-state index < -0.39 is 0 Å². The standard InChI is InChI=1S/C19H22N2O2/c1-14(2)19(16-9-5-4-6-10-16)21-20-18(22)13-23-17-11-7-8-15(3)12-17/h4-12,14H,13H2,1-3H3,(H,20,22). The van der Waals surface area contributed by atoms with Crippen molar-refractivity contribution in [2.24, 2.45) is 11.0 Å². The van der Waals surface area contributed by atoms with Gasteiger partial charge in [0.15, 0.2) is 6.61 Å². The molecule has 0 saturated heterocycles. The molecule has 0 spiro atoms. The van der Waals surface area contributed by atoms with E-state index in [1.165, 1.54) is 0 Å². The minimum absolute atomic E-state index is 0.0624. The topological polar surface area (TPSA) is 50.7 Å². The van der Waals surface area contributed by atoms with E-state index in [1.54, 1.807) is 0 Å². The lowest BCUT2D eigenvalue weighted by atomic mass is 10.0. The van der Waals surface area contributed by atoms with Crippen LogP contribution in [0.15, 0.2) is 59.7 Å². The molecule has 0 aliphatic carbocycles. The average molecular weight is 310 g/mol. The normalized spacial score (nSPS) is 11.4. The van der Waals surface area contributed by atoms with E-state index in [2.05, 4.69) is 10.5 Å². The van der Waals surface area contributed by atoms with Crippen LogP contribution in [0.3, 0.4) is 0 Å². The monoisotopic (exact) mass is 310 g/mol. The number of rotatable bonds is 6. The summed E-state index contributed by atoms with van der Waals surface area (Å²) in [5, 5.41) is 4.26. The van der Waals surface area contributed by atoms with Crippen LogP contribution in [0, 0.1) is 12.8 Å². The third kappa shape index (κ3) is 5.25. The van der Waals surface area contributed by atoms with Crippen molar-refractivity contribution in [1.82, 2.24) is 5.43 Å². The molecule has 0 heterocycles. The SMILES string of the molecule is Cc1cccc(OCC(=O)NN=C(c2ccccc2)C(C)C)c1. The number of aryl methyl sites for hydroxylation is 1. The Morgan fingerprint density at radius 2 is 1.87 bits per heavy atom. The molecule has 0 saturated carbocycles. The van der Waals surface area contributed by atoms with Gasteiger partial charge < -0.3 is 4.74 Å². The highest BCUT2D eigenvalue weighted by Crippen LogP contribution is 2.12. The highest BCUT2D eigenvalue weighted by atomic mass is 16.5. The molecule has 0 unspecified atom stereocenters. The summed E-state index contributed by atoms with van der Waals surface area (Å²) in [5.41, 5.74) is 5.51. The first kappa shape index (κ1) is 16.7. The number of amides is 1. The number of carbonyl (C=O) groups is 1. The van der Waals surface area contributed by atoms with Crippen LogP contribution in [0.2, 0.25) is 0 Å². The van der Waals surface area contributed by atoms with Crippen LogP contribution in [0.4, 0.5) is 0 Å². The molecule has 2 aromatic rings. The van der Waals surface area contributed by atoms with Crippen molar-refractivity contribution in [2.75, 3.05) is 6.61 Å². The number of nitrogens with one attached hydrogen (secondary N) is 1. The maximum absolute atomic E-state index is 11.9. The molecular weight excluding hydrogens is 288 g/mol. The first-order valence-corrected chi connectivity index (χ1v) is 7.67. The van der Waals surface area contributed by atoms with Gasteiger partial charge in [-0.25, -0.2) is 5.43 Å². The number of hydrazone groups is 1. The first-order chi connectivity index (χ1) is 11.1. The Kier molecular flexibility index (Phi) is 5.92. The Hall–Kier alpha value is -2.62. The molecule has 0 aliphatic heterocycles. The van der Waals surface area contributed by atoms with Crippen molar-refractivity contribution in [1.29, 1.82) is 0 Å². The third-order valence-electron chi connectivity index (χ3n) is 3.28. The molecule has 0 aromatic heterocycles. The van der Waals surface area contributed by atoms with Crippen molar-refractivity contribution < 1.29 is 9.53 Å². The fourth-order valence-corrected chi connectivity index (χ4v) is 2.14. The number of benzene rings is 2. The van der Waals surface area contributed by atoms with Gasteiger partial charge >= 0.3 is 0 Å². The van der Waals surface area contributed by atoms with Crippen LogP contribution < -0.4 is 10.2 Å². The Balaban J connectivity index is 1.95. The van der Waals surface area contributed by atoms with Gasteiger partial charge in [0, 0.05) is 0 Å². The van der Waals surface area contributed by atoms with Gasteiger partial charge in [-0.1, -0.05) is 56.3 Å². The van der Waals surface area contributed by atoms with Gasteiger partial charge in [-0.15, -0.1) is 0 Å². The Labute approximate surface area is 137 Å². The third-order valence-corrected chi connectivity index (χ3v) is 3.28. The van der Waals surface area contributed by atoms with Crippen molar-refractivity contribution >= 4 is 11.6 Å². The van der Waals surface area contributed by atoms with Gasteiger partial charge in [0.2, 0.25) is 0 Å². The molecule has 1 N–H and O–H groups in total. The molecule has 0 atom stereocenters. The van der Waals surface area contributed by atoms with E-state index in [9.17, 15) is 4.79 Å². The quantitative estimate of drug-likeness (QED) is 0.655. The molecule has 4 heteroatoms. The summed E-state index contributed by atoms with van der Waals surface area (Å²) in [6.45, 7) is 6.00. The molecule has 0 radical (unpaired) electrons. The van der Waals surface area contributed by atoms with Gasteiger partial charge in [0.1, 0.15) is 5.75 Å². The van der Waals surface area contributed by atoms with Crippen molar-refractivity contribution in [2.45, 2.75) is 20.8 Å². The maximum atomic E-state index is 11.9. The van der Waals surface area contributed by atoms with Crippen LogP contribution in [0.25, 0.3) is 0 Å². The number of nitrogens with zero attached hydrogens (tertiary/aromatic N) is 1. The average Bonchev–Trinajstić information content (AvgIpc) is 2.54. The molecule has 2 aromatic carbocycles. The molecule has 23 heavy (non-hydrogen) atoms. The largest absolute Gasteiger partial charge is 0.484 e. The Morgan fingerprint density at radius 3 is 2.52 bits per heavy atom. The van der Waals surface area contributed by atoms with E-state index in [0.717, 1.165) is 16.8 Å². The summed E-state index contributed by atoms with van der Waals surface area (Å²) in [7, 11) is 0. The van der Waals surface area contributed by atoms with Crippen LogP contribution in [-0.4, -0.2) is 18.2 Å². The summed E-state index contributed by atoms with van der Waals surface area (Å²) in [5.74, 6) is 0.604. The summed E-state index contributed by atoms with van der Waals surface area (Å²) in [6, 6.07) is 17.4. The number of hydrogen-bond donors (Lipinski definition) is 1. The molecule has 0 aliphatic rings. The lowest BCUT2D eigenvalue weighted by Gasteiger charge is -2.11. The lowest BCUT2D eigenvalue weighted by molar-refractivity contribution is -0.123. The molecule has 120 valence electrons. The minimum atomic E-state index is -0.277. The number of hydrogen-bond acceptors (Lipinski definition) is 3. The summed E-state index contributed by atoms with van der Waals surface area (Å²) >= 11 is 0. The predicted molar refractivity (Wildman–Crippen MR) is 92.6 cm³/mol. The smallest absolute Gasteiger partial charge is 0.277 e. The van der Waals surface area contributed by atoms with Crippen LogP contribution in [0.1, 0.15) is 25.0 Å². The number of carbonyl (C=O) groups excluding carboxylic acids is 1. The van der Waals surface area contributed by atoms with E-state index >= 15 is 0 Å². The molecule has 1 amide bonds. The zero-order valence-electron chi connectivity index (χ0n) is 13.7. The van der Waals surface area contributed by atoms with E-state index in [1.807, 2.05) is 75.4 Å². The van der Waals surface area contributed by atoms with Crippen LogP contribution in [0.5, 0.6) is 5.75 Å². The number of ether oxygens (including phenoxy) is 1. The second-order valence-electron chi connectivity index (χ2n) is 5.66. The Morgan fingerprint density at radius 1 is 1.13 bits per heavy atom. The van der Waals surface area contributed by atoms with Gasteiger partial charge in [-0.3, -0.25) is 4.79 Å². The van der Waals surface area contributed by atoms with Gasteiger partial charge in [-0.2, -0.15) is 5.10 Å². The van der Waals surface area contributed by atoms with Gasteiger partial charge in [0.05, 0.1) is 5.71 Å². The van der Waals surface area contributed by atoms with Crippen molar-refractivity contribution in [3.63, 3.8) is 0 Å². The van der Waals surface area contributed by atoms with Crippen LogP contribution in [-0.2, 0) is 4.79 Å².